The Morgan fingerprint density at radius 1 is 0.897 bits per heavy atom. The fourth-order valence-corrected chi connectivity index (χ4v) is 4.57. The van der Waals surface area contributed by atoms with Crippen molar-refractivity contribution in [2.24, 2.45) is 5.16 Å². The van der Waals surface area contributed by atoms with Crippen LogP contribution in [0.1, 0.15) is 31.4 Å². The van der Waals surface area contributed by atoms with Crippen molar-refractivity contribution < 1.29 is 9.57 Å². The van der Waals surface area contributed by atoms with Crippen LogP contribution in [-0.4, -0.2) is 18.5 Å². The molecular formula is C25H24N2O2. The second-order valence-electron chi connectivity index (χ2n) is 8.23. The molecule has 2 heterocycles. The highest BCUT2D eigenvalue weighted by molar-refractivity contribution is 6.02. The lowest BCUT2D eigenvalue weighted by Gasteiger charge is -2.40. The minimum Gasteiger partial charge on any atom is -0.457 e. The summed E-state index contributed by atoms with van der Waals surface area (Å²) in [7, 11) is 2.10. The molecule has 0 saturated heterocycles. The SMILES string of the molecule is CN1c2ccccc2C(C)(C)C12CC(c1cccc(Oc3ccccc3)c1)=NO2. The molecule has 0 amide bonds. The maximum absolute atomic E-state index is 6.21. The highest BCUT2D eigenvalue weighted by Gasteiger charge is 2.61. The van der Waals surface area contributed by atoms with Gasteiger partial charge in [0.05, 0.1) is 17.5 Å². The van der Waals surface area contributed by atoms with Crippen LogP contribution in [-0.2, 0) is 10.3 Å². The summed E-state index contributed by atoms with van der Waals surface area (Å²) in [6.45, 7) is 4.48. The first-order chi connectivity index (χ1) is 14.0. The fourth-order valence-electron chi connectivity index (χ4n) is 4.57. The van der Waals surface area contributed by atoms with Crippen LogP contribution in [0, 0.1) is 0 Å². The fraction of sp³-hybridized carbons (Fsp3) is 0.240. The monoisotopic (exact) mass is 384 g/mol. The van der Waals surface area contributed by atoms with Crippen LogP contribution in [0.4, 0.5) is 5.69 Å². The molecule has 1 spiro atoms. The smallest absolute Gasteiger partial charge is 0.224 e. The van der Waals surface area contributed by atoms with Crippen LogP contribution < -0.4 is 9.64 Å². The highest BCUT2D eigenvalue weighted by atomic mass is 16.7. The second-order valence-corrected chi connectivity index (χ2v) is 8.23. The Bertz CT molecular complexity index is 1090. The first-order valence-electron chi connectivity index (χ1n) is 9.93. The number of rotatable bonds is 3. The molecule has 0 aliphatic carbocycles. The van der Waals surface area contributed by atoms with Crippen molar-refractivity contribution in [3.05, 3.63) is 90.0 Å². The van der Waals surface area contributed by atoms with Gasteiger partial charge in [-0.2, -0.15) is 0 Å². The van der Waals surface area contributed by atoms with Gasteiger partial charge in [-0.15, -0.1) is 0 Å². The molecule has 146 valence electrons. The predicted molar refractivity (Wildman–Crippen MR) is 116 cm³/mol. The molecule has 5 rings (SSSR count). The van der Waals surface area contributed by atoms with E-state index in [0.29, 0.717) is 6.42 Å². The lowest BCUT2D eigenvalue weighted by atomic mass is 9.75. The van der Waals surface area contributed by atoms with Gasteiger partial charge in [-0.05, 0) is 49.7 Å². The third-order valence-electron chi connectivity index (χ3n) is 6.32. The number of ether oxygens (including phenoxy) is 1. The Hall–Kier alpha value is -3.27. The molecule has 0 aromatic heterocycles. The average Bonchev–Trinajstić information content (AvgIpc) is 3.27. The lowest BCUT2D eigenvalue weighted by Crippen LogP contribution is -2.54. The van der Waals surface area contributed by atoms with Gasteiger partial charge in [0.1, 0.15) is 11.5 Å². The molecule has 0 N–H and O–H groups in total. The van der Waals surface area contributed by atoms with Crippen molar-refractivity contribution in [1.29, 1.82) is 0 Å². The van der Waals surface area contributed by atoms with Crippen LogP contribution >= 0.6 is 0 Å². The van der Waals surface area contributed by atoms with Crippen molar-refractivity contribution in [2.45, 2.75) is 31.4 Å². The van der Waals surface area contributed by atoms with E-state index in [2.05, 4.69) is 61.3 Å². The van der Waals surface area contributed by atoms with Gasteiger partial charge in [0.2, 0.25) is 5.72 Å². The van der Waals surface area contributed by atoms with Crippen LogP contribution in [0.2, 0.25) is 0 Å². The quantitative estimate of drug-likeness (QED) is 0.578. The Morgan fingerprint density at radius 3 is 2.41 bits per heavy atom. The number of benzene rings is 3. The molecule has 4 nitrogen and oxygen atoms in total. The molecule has 29 heavy (non-hydrogen) atoms. The summed E-state index contributed by atoms with van der Waals surface area (Å²) in [5.41, 5.74) is 3.74. The minimum absolute atomic E-state index is 0.193. The molecule has 4 heteroatoms. The van der Waals surface area contributed by atoms with E-state index in [1.807, 2.05) is 48.5 Å². The lowest BCUT2D eigenvalue weighted by molar-refractivity contribution is -0.0591. The molecule has 0 fully saturated rings. The number of oxime groups is 1. The molecule has 0 saturated carbocycles. The number of hydrogen-bond donors (Lipinski definition) is 0. The first kappa shape index (κ1) is 17.8. The zero-order chi connectivity index (χ0) is 20.1. The van der Waals surface area contributed by atoms with E-state index >= 15 is 0 Å². The first-order valence-corrected chi connectivity index (χ1v) is 9.93. The Labute approximate surface area is 171 Å². The van der Waals surface area contributed by atoms with Crippen molar-refractivity contribution >= 4 is 11.4 Å². The topological polar surface area (TPSA) is 34.1 Å². The number of anilines is 1. The van der Waals surface area contributed by atoms with Gasteiger partial charge >= 0.3 is 0 Å². The maximum Gasteiger partial charge on any atom is 0.224 e. The van der Waals surface area contributed by atoms with Crippen LogP contribution in [0.5, 0.6) is 11.5 Å². The van der Waals surface area contributed by atoms with Crippen molar-refractivity contribution in [3.63, 3.8) is 0 Å². The summed E-state index contributed by atoms with van der Waals surface area (Å²) in [5, 5.41) is 4.54. The molecule has 0 bridgehead atoms. The summed E-state index contributed by atoms with van der Waals surface area (Å²) in [5.74, 6) is 1.61. The number of para-hydroxylation sites is 2. The van der Waals surface area contributed by atoms with Crippen molar-refractivity contribution in [3.8, 4) is 11.5 Å². The van der Waals surface area contributed by atoms with E-state index in [1.165, 1.54) is 11.3 Å². The van der Waals surface area contributed by atoms with Crippen LogP contribution in [0.25, 0.3) is 0 Å². The van der Waals surface area contributed by atoms with E-state index in [0.717, 1.165) is 22.8 Å². The Morgan fingerprint density at radius 2 is 1.62 bits per heavy atom. The highest BCUT2D eigenvalue weighted by Crippen LogP contribution is 2.55. The molecular weight excluding hydrogens is 360 g/mol. The zero-order valence-electron chi connectivity index (χ0n) is 16.9. The van der Waals surface area contributed by atoms with E-state index in [-0.39, 0.29) is 5.41 Å². The minimum atomic E-state index is -0.525. The van der Waals surface area contributed by atoms with Gasteiger partial charge in [-0.1, -0.05) is 53.7 Å². The predicted octanol–water partition coefficient (Wildman–Crippen LogP) is 5.73. The van der Waals surface area contributed by atoms with E-state index in [4.69, 9.17) is 9.57 Å². The van der Waals surface area contributed by atoms with Gasteiger partial charge in [-0.3, -0.25) is 0 Å². The number of fused-ring (bicyclic) bond motifs is 1. The average molecular weight is 384 g/mol. The van der Waals surface area contributed by atoms with E-state index < -0.39 is 5.72 Å². The van der Waals surface area contributed by atoms with Crippen molar-refractivity contribution in [2.75, 3.05) is 11.9 Å². The largest absolute Gasteiger partial charge is 0.457 e. The Balaban J connectivity index is 1.44. The zero-order valence-corrected chi connectivity index (χ0v) is 16.9. The molecule has 1 atom stereocenters. The van der Waals surface area contributed by atoms with Crippen LogP contribution in [0.15, 0.2) is 84.0 Å². The summed E-state index contributed by atoms with van der Waals surface area (Å²) in [6.07, 6.45) is 0.708. The normalized spacial score (nSPS) is 21.6. The third kappa shape index (κ3) is 2.63. The summed E-state index contributed by atoms with van der Waals surface area (Å²) >= 11 is 0. The molecule has 0 radical (unpaired) electrons. The number of hydrogen-bond acceptors (Lipinski definition) is 4. The summed E-state index contributed by atoms with van der Waals surface area (Å²) in [4.78, 5) is 8.45. The second kappa shape index (κ2) is 6.38. The Kier molecular flexibility index (Phi) is 3.91. The molecule has 3 aromatic carbocycles. The van der Waals surface area contributed by atoms with E-state index in [9.17, 15) is 0 Å². The standard InChI is InChI=1S/C25H24N2O2/c1-24(2)21-14-7-8-15-23(21)27(3)25(24)17-22(26-29-25)18-10-9-13-20(16-18)28-19-11-5-4-6-12-19/h4-16H,17H2,1-3H3. The molecule has 2 aliphatic rings. The number of likely N-dealkylation sites (N-methyl/N-ethyl adjacent to an activating group) is 1. The van der Waals surface area contributed by atoms with Gasteiger partial charge < -0.3 is 14.5 Å². The molecule has 2 aliphatic heterocycles. The maximum atomic E-state index is 6.21. The van der Waals surface area contributed by atoms with Crippen molar-refractivity contribution in [1.82, 2.24) is 0 Å². The third-order valence-corrected chi connectivity index (χ3v) is 6.32. The summed E-state index contributed by atoms with van der Waals surface area (Å²) < 4.78 is 6.00. The van der Waals surface area contributed by atoms with Gasteiger partial charge in [0, 0.05) is 18.3 Å². The van der Waals surface area contributed by atoms with Crippen LogP contribution in [0.3, 0.4) is 0 Å². The van der Waals surface area contributed by atoms with Gasteiger partial charge in [0.25, 0.3) is 0 Å². The van der Waals surface area contributed by atoms with E-state index in [1.54, 1.807) is 0 Å². The molecule has 3 aromatic rings. The van der Waals surface area contributed by atoms with Gasteiger partial charge in [0.15, 0.2) is 0 Å². The van der Waals surface area contributed by atoms with Gasteiger partial charge in [-0.25, -0.2) is 0 Å². The number of nitrogens with zero attached hydrogens (tertiary/aromatic N) is 2. The molecule has 1 unspecified atom stereocenters. The summed E-state index contributed by atoms with van der Waals surface area (Å²) in [6, 6.07) is 26.4.